The number of hydrogen-bond donors (Lipinski definition) is 1. The van der Waals surface area contributed by atoms with E-state index in [0.29, 0.717) is 44.7 Å². The molecule has 0 aromatic carbocycles. The van der Waals surface area contributed by atoms with E-state index in [2.05, 4.69) is 9.97 Å². The van der Waals surface area contributed by atoms with Crippen LogP contribution >= 0.6 is 0 Å². The Hall–Kier alpha value is -1.04. The van der Waals surface area contributed by atoms with E-state index in [1.54, 1.807) is 18.5 Å². The summed E-state index contributed by atoms with van der Waals surface area (Å²) in [7, 11) is 0. The van der Waals surface area contributed by atoms with Crippen LogP contribution in [0.5, 0.6) is 0 Å². The molecule has 1 spiro atoms. The van der Waals surface area contributed by atoms with Gasteiger partial charge in [-0.3, -0.25) is 0 Å². The second-order valence-electron chi connectivity index (χ2n) is 4.71. The summed E-state index contributed by atoms with van der Waals surface area (Å²) in [6.07, 6.45) is 5.87. The second-order valence-corrected chi connectivity index (χ2v) is 4.71. The van der Waals surface area contributed by atoms with Crippen molar-refractivity contribution in [3.63, 3.8) is 0 Å². The number of nitrogens with zero attached hydrogens (tertiary/aromatic N) is 2. The molecule has 0 bridgehead atoms. The average molecular weight is 236 g/mol. The van der Waals surface area contributed by atoms with Crippen molar-refractivity contribution in [1.82, 2.24) is 9.97 Å². The van der Waals surface area contributed by atoms with Gasteiger partial charge in [-0.05, 0) is 18.9 Å². The van der Waals surface area contributed by atoms with Crippen molar-refractivity contribution in [2.75, 3.05) is 13.2 Å². The van der Waals surface area contributed by atoms with Crippen molar-refractivity contribution in [1.29, 1.82) is 0 Å². The van der Waals surface area contributed by atoms with Gasteiger partial charge < -0.3 is 14.6 Å². The highest BCUT2D eigenvalue weighted by molar-refractivity contribution is 5.05. The number of aliphatic hydroxyl groups is 1. The molecule has 1 saturated carbocycles. The van der Waals surface area contributed by atoms with Gasteiger partial charge >= 0.3 is 0 Å². The largest absolute Gasteiger partial charge is 0.382 e. The maximum Gasteiger partial charge on any atom is 0.168 e. The van der Waals surface area contributed by atoms with Crippen LogP contribution in [-0.2, 0) is 15.1 Å². The molecule has 1 aromatic rings. The van der Waals surface area contributed by atoms with Crippen LogP contribution in [0.1, 0.15) is 31.5 Å². The molecule has 92 valence electrons. The van der Waals surface area contributed by atoms with Crippen molar-refractivity contribution in [3.05, 3.63) is 24.3 Å². The average Bonchev–Trinajstić information content (AvgIpc) is 2.84. The molecule has 2 aliphatic rings. The van der Waals surface area contributed by atoms with Gasteiger partial charge in [0.15, 0.2) is 11.6 Å². The fourth-order valence-electron chi connectivity index (χ4n) is 2.59. The Bertz CT molecular complexity index is 380. The van der Waals surface area contributed by atoms with E-state index in [4.69, 9.17) is 9.47 Å². The molecule has 1 aliphatic carbocycles. The van der Waals surface area contributed by atoms with Crippen LogP contribution in [0.25, 0.3) is 0 Å². The minimum Gasteiger partial charge on any atom is -0.382 e. The Balaban J connectivity index is 1.75. The molecule has 3 rings (SSSR count). The van der Waals surface area contributed by atoms with E-state index in [1.165, 1.54) is 0 Å². The van der Waals surface area contributed by atoms with Crippen LogP contribution < -0.4 is 0 Å². The number of ether oxygens (including phenoxy) is 2. The summed E-state index contributed by atoms with van der Waals surface area (Å²) >= 11 is 0. The quantitative estimate of drug-likeness (QED) is 0.787. The van der Waals surface area contributed by atoms with E-state index in [0.717, 1.165) is 0 Å². The molecule has 0 atom stereocenters. The second kappa shape index (κ2) is 4.01. The number of aromatic nitrogens is 2. The summed E-state index contributed by atoms with van der Waals surface area (Å²) in [5.41, 5.74) is -0.929. The molecule has 5 heteroatoms. The van der Waals surface area contributed by atoms with E-state index >= 15 is 0 Å². The topological polar surface area (TPSA) is 64.5 Å². The van der Waals surface area contributed by atoms with Crippen LogP contribution in [0.2, 0.25) is 0 Å². The first-order valence-corrected chi connectivity index (χ1v) is 6.00. The van der Waals surface area contributed by atoms with Gasteiger partial charge in [0.2, 0.25) is 0 Å². The summed E-state index contributed by atoms with van der Waals surface area (Å²) in [6, 6.07) is 1.75. The van der Waals surface area contributed by atoms with Gasteiger partial charge in [0.25, 0.3) is 0 Å². The van der Waals surface area contributed by atoms with Crippen molar-refractivity contribution in [2.24, 2.45) is 0 Å². The van der Waals surface area contributed by atoms with Gasteiger partial charge in [0.05, 0.1) is 13.2 Å². The third-order valence-corrected chi connectivity index (χ3v) is 3.63. The molecule has 1 aliphatic heterocycles. The Kier molecular flexibility index (Phi) is 2.61. The van der Waals surface area contributed by atoms with Crippen LogP contribution in [-0.4, -0.2) is 34.1 Å². The maximum absolute atomic E-state index is 10.6. The standard InChI is InChI=1S/C12H16N2O3/c15-11(10-13-6-1-7-14-10)2-4-12(5-3-11)16-8-9-17-12/h1,6-7,15H,2-5,8-9H2. The first-order valence-electron chi connectivity index (χ1n) is 6.00. The predicted molar refractivity (Wildman–Crippen MR) is 59.0 cm³/mol. The fraction of sp³-hybridized carbons (Fsp3) is 0.667. The summed E-state index contributed by atoms with van der Waals surface area (Å²) in [5, 5.41) is 10.6. The van der Waals surface area contributed by atoms with Gasteiger partial charge in [-0.2, -0.15) is 0 Å². The first-order chi connectivity index (χ1) is 8.23. The molecule has 0 amide bonds. The third-order valence-electron chi connectivity index (χ3n) is 3.63. The lowest BCUT2D eigenvalue weighted by Crippen LogP contribution is -2.42. The Morgan fingerprint density at radius 3 is 2.18 bits per heavy atom. The molecular formula is C12H16N2O3. The summed E-state index contributed by atoms with van der Waals surface area (Å²) in [5.74, 6) is 0.0499. The zero-order valence-electron chi connectivity index (χ0n) is 9.63. The lowest BCUT2D eigenvalue weighted by atomic mass is 9.81. The summed E-state index contributed by atoms with van der Waals surface area (Å²) < 4.78 is 11.3. The zero-order valence-corrected chi connectivity index (χ0v) is 9.63. The van der Waals surface area contributed by atoms with Gasteiger partial charge in [-0.25, -0.2) is 9.97 Å². The van der Waals surface area contributed by atoms with E-state index in [1.807, 2.05) is 0 Å². The number of rotatable bonds is 1. The Morgan fingerprint density at radius 1 is 1.00 bits per heavy atom. The normalized spacial score (nSPS) is 26.2. The predicted octanol–water partition coefficient (Wildman–Crippen LogP) is 0.981. The molecule has 1 N–H and O–H groups in total. The van der Waals surface area contributed by atoms with Crippen molar-refractivity contribution < 1.29 is 14.6 Å². The van der Waals surface area contributed by atoms with Crippen LogP contribution in [0.4, 0.5) is 0 Å². The van der Waals surface area contributed by atoms with Crippen molar-refractivity contribution >= 4 is 0 Å². The SMILES string of the molecule is OC1(c2ncccn2)CCC2(CC1)OCCO2. The van der Waals surface area contributed by atoms with Crippen LogP contribution in [0.15, 0.2) is 18.5 Å². The monoisotopic (exact) mass is 236 g/mol. The van der Waals surface area contributed by atoms with Gasteiger partial charge in [0.1, 0.15) is 5.60 Å². The molecular weight excluding hydrogens is 220 g/mol. The molecule has 0 unspecified atom stereocenters. The van der Waals surface area contributed by atoms with Crippen LogP contribution in [0.3, 0.4) is 0 Å². The van der Waals surface area contributed by atoms with Gasteiger partial charge in [-0.1, -0.05) is 0 Å². The molecule has 2 heterocycles. The Labute approximate surface area is 99.8 Å². The van der Waals surface area contributed by atoms with Crippen LogP contribution in [0, 0.1) is 0 Å². The van der Waals surface area contributed by atoms with E-state index < -0.39 is 11.4 Å². The maximum atomic E-state index is 10.6. The van der Waals surface area contributed by atoms with Crippen molar-refractivity contribution in [3.8, 4) is 0 Å². The van der Waals surface area contributed by atoms with E-state index in [-0.39, 0.29) is 0 Å². The molecule has 0 radical (unpaired) electrons. The summed E-state index contributed by atoms with van der Waals surface area (Å²) in [4.78, 5) is 8.29. The molecule has 17 heavy (non-hydrogen) atoms. The fourth-order valence-corrected chi connectivity index (χ4v) is 2.59. The summed E-state index contributed by atoms with van der Waals surface area (Å²) in [6.45, 7) is 1.31. The molecule has 1 aromatic heterocycles. The minimum absolute atomic E-state index is 0.457. The smallest absolute Gasteiger partial charge is 0.168 e. The van der Waals surface area contributed by atoms with Crippen molar-refractivity contribution in [2.45, 2.75) is 37.1 Å². The van der Waals surface area contributed by atoms with Gasteiger partial charge in [-0.15, -0.1) is 0 Å². The third kappa shape index (κ3) is 1.94. The molecule has 2 fully saturated rings. The highest BCUT2D eigenvalue weighted by Gasteiger charge is 2.47. The number of hydrogen-bond acceptors (Lipinski definition) is 5. The highest BCUT2D eigenvalue weighted by atomic mass is 16.7. The first kappa shape index (κ1) is 11.1. The Morgan fingerprint density at radius 2 is 1.59 bits per heavy atom. The molecule has 1 saturated heterocycles. The lowest BCUT2D eigenvalue weighted by molar-refractivity contribution is -0.205. The highest BCUT2D eigenvalue weighted by Crippen LogP contribution is 2.43. The lowest BCUT2D eigenvalue weighted by Gasteiger charge is -2.39. The van der Waals surface area contributed by atoms with Gasteiger partial charge in [0, 0.05) is 25.2 Å². The minimum atomic E-state index is -0.929. The zero-order chi connectivity index (χ0) is 11.8. The molecule has 5 nitrogen and oxygen atoms in total. The van der Waals surface area contributed by atoms with E-state index in [9.17, 15) is 5.11 Å².